The van der Waals surface area contributed by atoms with Crippen LogP contribution in [0, 0.1) is 0 Å². The highest BCUT2D eigenvalue weighted by Gasteiger charge is 2.38. The van der Waals surface area contributed by atoms with Crippen LogP contribution in [0.2, 0.25) is 0 Å². The maximum atomic E-state index is 6.09. The highest BCUT2D eigenvalue weighted by molar-refractivity contribution is 5.43. The summed E-state index contributed by atoms with van der Waals surface area (Å²) in [6, 6.07) is 6.06. The summed E-state index contributed by atoms with van der Waals surface area (Å²) in [6.07, 6.45) is 3.18. The highest BCUT2D eigenvalue weighted by Crippen LogP contribution is 2.37. The van der Waals surface area contributed by atoms with E-state index in [-0.39, 0.29) is 5.54 Å². The molecule has 0 heterocycles. The van der Waals surface area contributed by atoms with Crippen LogP contribution in [0.4, 0.5) is 0 Å². The summed E-state index contributed by atoms with van der Waals surface area (Å²) in [5.74, 6) is 1.60. The van der Waals surface area contributed by atoms with E-state index in [1.165, 1.54) is 5.56 Å². The third kappa shape index (κ3) is 2.47. The third-order valence-corrected chi connectivity index (χ3v) is 2.98. The van der Waals surface area contributed by atoms with Gasteiger partial charge in [-0.25, -0.2) is 0 Å². The van der Waals surface area contributed by atoms with E-state index in [4.69, 9.17) is 15.2 Å². The molecule has 0 aromatic heterocycles. The molecule has 0 unspecified atom stereocenters. The molecule has 1 fully saturated rings. The van der Waals surface area contributed by atoms with Crippen molar-refractivity contribution in [1.82, 2.24) is 0 Å². The quantitative estimate of drug-likeness (QED) is 0.828. The van der Waals surface area contributed by atoms with Gasteiger partial charge in [0.25, 0.3) is 0 Å². The zero-order valence-corrected chi connectivity index (χ0v) is 9.95. The van der Waals surface area contributed by atoms with E-state index < -0.39 is 0 Å². The maximum absolute atomic E-state index is 6.09. The van der Waals surface area contributed by atoms with Crippen molar-refractivity contribution in [3.05, 3.63) is 23.8 Å². The van der Waals surface area contributed by atoms with Gasteiger partial charge >= 0.3 is 0 Å². The van der Waals surface area contributed by atoms with Crippen LogP contribution in [0.25, 0.3) is 0 Å². The monoisotopic (exact) mass is 221 g/mol. The van der Waals surface area contributed by atoms with Gasteiger partial charge in [0.05, 0.1) is 13.7 Å². The predicted octanol–water partition coefficient (Wildman–Crippen LogP) is 2.13. The maximum Gasteiger partial charge on any atom is 0.161 e. The number of hydrogen-bond acceptors (Lipinski definition) is 3. The summed E-state index contributed by atoms with van der Waals surface area (Å²) in [5, 5.41) is 0. The first-order valence-electron chi connectivity index (χ1n) is 5.75. The number of nitrogens with two attached hydrogens (primary N) is 1. The smallest absolute Gasteiger partial charge is 0.161 e. The van der Waals surface area contributed by atoms with Crippen LogP contribution in [0.3, 0.4) is 0 Å². The molecule has 0 radical (unpaired) electrons. The van der Waals surface area contributed by atoms with Gasteiger partial charge in [0.2, 0.25) is 0 Å². The van der Waals surface area contributed by atoms with Crippen LogP contribution in [-0.2, 0) is 6.42 Å². The van der Waals surface area contributed by atoms with Crippen molar-refractivity contribution in [3.8, 4) is 11.5 Å². The van der Waals surface area contributed by atoms with Crippen molar-refractivity contribution in [2.75, 3.05) is 13.7 Å². The Morgan fingerprint density at radius 1 is 1.31 bits per heavy atom. The molecule has 1 aliphatic rings. The molecule has 1 saturated carbocycles. The summed E-state index contributed by atoms with van der Waals surface area (Å²) in [7, 11) is 1.66. The van der Waals surface area contributed by atoms with E-state index in [1.54, 1.807) is 7.11 Å². The van der Waals surface area contributed by atoms with Crippen LogP contribution in [-0.4, -0.2) is 19.3 Å². The number of methoxy groups -OCH3 is 1. The molecule has 88 valence electrons. The molecule has 0 spiro atoms. The van der Waals surface area contributed by atoms with Gasteiger partial charge in [-0.15, -0.1) is 0 Å². The first-order valence-corrected chi connectivity index (χ1v) is 5.75. The van der Waals surface area contributed by atoms with Gasteiger partial charge in [-0.3, -0.25) is 0 Å². The van der Waals surface area contributed by atoms with E-state index in [9.17, 15) is 0 Å². The lowest BCUT2D eigenvalue weighted by molar-refractivity contribution is 0.310. The molecule has 0 atom stereocenters. The molecule has 0 amide bonds. The first-order chi connectivity index (χ1) is 7.67. The van der Waals surface area contributed by atoms with Crippen LogP contribution in [0.5, 0.6) is 11.5 Å². The van der Waals surface area contributed by atoms with E-state index in [0.29, 0.717) is 6.61 Å². The van der Waals surface area contributed by atoms with Crippen LogP contribution < -0.4 is 15.2 Å². The molecule has 2 N–H and O–H groups in total. The molecule has 0 saturated heterocycles. The second-order valence-corrected chi connectivity index (χ2v) is 4.46. The molecule has 0 aliphatic heterocycles. The lowest BCUT2D eigenvalue weighted by atomic mass is 10.0. The number of benzene rings is 1. The lowest BCUT2D eigenvalue weighted by Crippen LogP contribution is -2.24. The average molecular weight is 221 g/mol. The van der Waals surface area contributed by atoms with Crippen molar-refractivity contribution in [3.63, 3.8) is 0 Å². The summed E-state index contributed by atoms with van der Waals surface area (Å²) >= 11 is 0. The minimum absolute atomic E-state index is 0.0398. The molecule has 1 aliphatic carbocycles. The summed E-state index contributed by atoms with van der Waals surface area (Å²) in [4.78, 5) is 0. The van der Waals surface area contributed by atoms with Gasteiger partial charge in [-0.2, -0.15) is 0 Å². The standard InChI is InChI=1S/C13H19NO2/c1-3-16-11-5-4-10(8-12(11)15-2)9-13(14)6-7-13/h4-5,8H,3,6-7,9,14H2,1-2H3. The van der Waals surface area contributed by atoms with Crippen molar-refractivity contribution in [2.45, 2.75) is 31.7 Å². The number of rotatable bonds is 5. The van der Waals surface area contributed by atoms with E-state index in [2.05, 4.69) is 6.07 Å². The zero-order valence-electron chi connectivity index (χ0n) is 9.95. The Kier molecular flexibility index (Phi) is 3.06. The minimum atomic E-state index is 0.0398. The Hall–Kier alpha value is -1.22. The van der Waals surface area contributed by atoms with Crippen molar-refractivity contribution >= 4 is 0 Å². The Bertz CT molecular complexity index is 372. The van der Waals surface area contributed by atoms with Crippen LogP contribution in [0.15, 0.2) is 18.2 Å². The Labute approximate surface area is 96.5 Å². The predicted molar refractivity (Wildman–Crippen MR) is 64.0 cm³/mol. The van der Waals surface area contributed by atoms with Crippen molar-refractivity contribution in [1.29, 1.82) is 0 Å². The second-order valence-electron chi connectivity index (χ2n) is 4.46. The fourth-order valence-electron chi connectivity index (χ4n) is 1.84. The normalized spacial score (nSPS) is 16.9. The summed E-state index contributed by atoms with van der Waals surface area (Å²) in [6.45, 7) is 2.61. The zero-order chi connectivity index (χ0) is 11.6. The van der Waals surface area contributed by atoms with E-state index in [0.717, 1.165) is 30.8 Å². The molecule has 3 nitrogen and oxygen atoms in total. The van der Waals surface area contributed by atoms with Crippen LogP contribution >= 0.6 is 0 Å². The first kappa shape index (κ1) is 11.3. The Morgan fingerprint density at radius 2 is 2.06 bits per heavy atom. The van der Waals surface area contributed by atoms with E-state index >= 15 is 0 Å². The molecule has 1 aromatic rings. The number of hydrogen-bond donors (Lipinski definition) is 1. The largest absolute Gasteiger partial charge is 0.493 e. The van der Waals surface area contributed by atoms with Gasteiger partial charge in [0.15, 0.2) is 11.5 Å². The third-order valence-electron chi connectivity index (χ3n) is 2.98. The molecule has 16 heavy (non-hydrogen) atoms. The van der Waals surface area contributed by atoms with Gasteiger partial charge in [-0.05, 0) is 43.9 Å². The van der Waals surface area contributed by atoms with Gasteiger partial charge < -0.3 is 15.2 Å². The van der Waals surface area contributed by atoms with Crippen molar-refractivity contribution < 1.29 is 9.47 Å². The molecular weight excluding hydrogens is 202 g/mol. The van der Waals surface area contributed by atoms with Gasteiger partial charge in [0.1, 0.15) is 0 Å². The lowest BCUT2D eigenvalue weighted by Gasteiger charge is -2.13. The summed E-state index contributed by atoms with van der Waals surface area (Å²) in [5.41, 5.74) is 7.36. The SMILES string of the molecule is CCOc1ccc(CC2(N)CC2)cc1OC. The molecule has 2 rings (SSSR count). The molecule has 1 aromatic carbocycles. The highest BCUT2D eigenvalue weighted by atomic mass is 16.5. The average Bonchev–Trinajstić information content (AvgIpc) is 2.99. The minimum Gasteiger partial charge on any atom is -0.493 e. The topological polar surface area (TPSA) is 44.5 Å². The van der Waals surface area contributed by atoms with Gasteiger partial charge in [0, 0.05) is 5.54 Å². The van der Waals surface area contributed by atoms with E-state index in [1.807, 2.05) is 19.1 Å². The van der Waals surface area contributed by atoms with Crippen molar-refractivity contribution in [2.24, 2.45) is 5.73 Å². The van der Waals surface area contributed by atoms with Crippen LogP contribution in [0.1, 0.15) is 25.3 Å². The fourth-order valence-corrected chi connectivity index (χ4v) is 1.84. The Morgan fingerprint density at radius 3 is 2.62 bits per heavy atom. The molecular formula is C13H19NO2. The fraction of sp³-hybridized carbons (Fsp3) is 0.538. The molecule has 0 bridgehead atoms. The van der Waals surface area contributed by atoms with Gasteiger partial charge in [-0.1, -0.05) is 6.07 Å². The Balaban J connectivity index is 2.15. The second kappa shape index (κ2) is 4.34. The molecule has 3 heteroatoms. The number of ether oxygens (including phenoxy) is 2. The summed E-state index contributed by atoms with van der Waals surface area (Å²) < 4.78 is 10.8.